The zero-order chi connectivity index (χ0) is 9.97. The monoisotopic (exact) mass is 192 g/mol. The maximum Gasteiger partial charge on any atom is 0.339 e. The third-order valence-electron chi connectivity index (χ3n) is 2.30. The third kappa shape index (κ3) is 1.55. The van der Waals surface area contributed by atoms with Crippen molar-refractivity contribution in [3.05, 3.63) is 23.5 Å². The molecule has 0 atom stereocenters. The Morgan fingerprint density at radius 3 is 3.29 bits per heavy atom. The van der Waals surface area contributed by atoms with E-state index in [9.17, 15) is 4.79 Å². The van der Waals surface area contributed by atoms with Crippen molar-refractivity contribution in [1.29, 1.82) is 0 Å². The van der Waals surface area contributed by atoms with E-state index < -0.39 is 0 Å². The van der Waals surface area contributed by atoms with E-state index in [0.717, 1.165) is 30.8 Å². The molecule has 0 spiro atoms. The SMILES string of the molecule is COC(=O)c1cnc2c(c1)NCCC2. The summed E-state index contributed by atoms with van der Waals surface area (Å²) >= 11 is 0. The van der Waals surface area contributed by atoms with Gasteiger partial charge in [0.15, 0.2) is 0 Å². The highest BCUT2D eigenvalue weighted by Crippen LogP contribution is 2.20. The highest BCUT2D eigenvalue weighted by Gasteiger charge is 2.13. The van der Waals surface area contributed by atoms with Crippen molar-refractivity contribution in [2.75, 3.05) is 19.0 Å². The van der Waals surface area contributed by atoms with E-state index in [1.807, 2.05) is 0 Å². The van der Waals surface area contributed by atoms with Crippen LogP contribution < -0.4 is 5.32 Å². The van der Waals surface area contributed by atoms with E-state index in [0.29, 0.717) is 5.56 Å². The molecule has 0 fully saturated rings. The second-order valence-electron chi connectivity index (χ2n) is 3.24. The molecule has 74 valence electrons. The summed E-state index contributed by atoms with van der Waals surface area (Å²) < 4.78 is 4.62. The number of fused-ring (bicyclic) bond motifs is 1. The number of hydrogen-bond donors (Lipinski definition) is 1. The molecule has 0 amide bonds. The van der Waals surface area contributed by atoms with Gasteiger partial charge in [-0.15, -0.1) is 0 Å². The number of nitrogens with one attached hydrogen (secondary N) is 1. The normalized spacial score (nSPS) is 14.1. The molecular formula is C10H12N2O2. The highest BCUT2D eigenvalue weighted by atomic mass is 16.5. The number of aromatic nitrogens is 1. The lowest BCUT2D eigenvalue weighted by atomic mass is 10.1. The number of pyridine rings is 1. The standard InChI is InChI=1S/C10H12N2O2/c1-14-10(13)7-5-9-8(12-6-7)3-2-4-11-9/h5-6,11H,2-4H2,1H3. The summed E-state index contributed by atoms with van der Waals surface area (Å²) in [6, 6.07) is 1.80. The van der Waals surface area contributed by atoms with Crippen LogP contribution in [0.25, 0.3) is 0 Å². The number of rotatable bonds is 1. The molecule has 0 radical (unpaired) electrons. The summed E-state index contributed by atoms with van der Waals surface area (Å²) in [5.74, 6) is -0.340. The van der Waals surface area contributed by atoms with Gasteiger partial charge in [-0.3, -0.25) is 4.98 Å². The van der Waals surface area contributed by atoms with Gasteiger partial charge in [0.1, 0.15) is 0 Å². The van der Waals surface area contributed by atoms with Crippen LogP contribution in [0.15, 0.2) is 12.3 Å². The molecule has 1 aromatic rings. The van der Waals surface area contributed by atoms with Gasteiger partial charge >= 0.3 is 5.97 Å². The largest absolute Gasteiger partial charge is 0.465 e. The number of ether oxygens (including phenoxy) is 1. The summed E-state index contributed by atoms with van der Waals surface area (Å²) in [4.78, 5) is 15.4. The van der Waals surface area contributed by atoms with Gasteiger partial charge in [-0.25, -0.2) is 4.79 Å². The van der Waals surface area contributed by atoms with Crippen molar-refractivity contribution < 1.29 is 9.53 Å². The maximum atomic E-state index is 11.2. The lowest BCUT2D eigenvalue weighted by Gasteiger charge is -2.16. The Bertz CT molecular complexity index is 363. The Hall–Kier alpha value is -1.58. The molecule has 4 nitrogen and oxygen atoms in total. The molecule has 1 aromatic heterocycles. The molecule has 0 aromatic carbocycles. The lowest BCUT2D eigenvalue weighted by molar-refractivity contribution is 0.0600. The van der Waals surface area contributed by atoms with Gasteiger partial charge < -0.3 is 10.1 Å². The lowest BCUT2D eigenvalue weighted by Crippen LogP contribution is -2.14. The first kappa shape index (κ1) is 8.99. The predicted molar refractivity (Wildman–Crippen MR) is 52.4 cm³/mol. The van der Waals surface area contributed by atoms with E-state index >= 15 is 0 Å². The van der Waals surface area contributed by atoms with Crippen LogP contribution in [0.1, 0.15) is 22.5 Å². The first-order valence-corrected chi connectivity index (χ1v) is 4.62. The average Bonchev–Trinajstić information content (AvgIpc) is 2.27. The molecule has 0 unspecified atom stereocenters. The Morgan fingerprint density at radius 1 is 1.64 bits per heavy atom. The minimum absolute atomic E-state index is 0.340. The number of aryl methyl sites for hydroxylation is 1. The van der Waals surface area contributed by atoms with Gasteiger partial charge in [-0.05, 0) is 18.9 Å². The van der Waals surface area contributed by atoms with Gasteiger partial charge in [-0.1, -0.05) is 0 Å². The van der Waals surface area contributed by atoms with E-state index in [4.69, 9.17) is 0 Å². The van der Waals surface area contributed by atoms with Crippen LogP contribution in [-0.2, 0) is 11.2 Å². The fourth-order valence-corrected chi connectivity index (χ4v) is 1.55. The number of esters is 1. The van der Waals surface area contributed by atoms with Crippen LogP contribution in [0.5, 0.6) is 0 Å². The molecule has 0 bridgehead atoms. The van der Waals surface area contributed by atoms with E-state index in [2.05, 4.69) is 15.0 Å². The summed E-state index contributed by atoms with van der Waals surface area (Å²) in [6.07, 6.45) is 3.64. The molecule has 1 aliphatic rings. The second-order valence-corrected chi connectivity index (χ2v) is 3.24. The fourth-order valence-electron chi connectivity index (χ4n) is 1.55. The molecule has 14 heavy (non-hydrogen) atoms. The number of carbonyl (C=O) groups excluding carboxylic acids is 1. The Kier molecular flexibility index (Phi) is 2.35. The van der Waals surface area contributed by atoms with Crippen molar-refractivity contribution >= 4 is 11.7 Å². The summed E-state index contributed by atoms with van der Waals surface area (Å²) in [5, 5.41) is 3.21. The average molecular weight is 192 g/mol. The smallest absolute Gasteiger partial charge is 0.339 e. The third-order valence-corrected chi connectivity index (χ3v) is 2.30. The Morgan fingerprint density at radius 2 is 2.50 bits per heavy atom. The molecule has 4 heteroatoms. The molecule has 0 aliphatic carbocycles. The van der Waals surface area contributed by atoms with Crippen LogP contribution >= 0.6 is 0 Å². The second kappa shape index (κ2) is 3.65. The number of anilines is 1. The number of carbonyl (C=O) groups is 1. The van der Waals surface area contributed by atoms with Crippen molar-refractivity contribution in [1.82, 2.24) is 4.98 Å². The molecule has 1 N–H and O–H groups in total. The predicted octanol–water partition coefficient (Wildman–Crippen LogP) is 1.23. The first-order valence-electron chi connectivity index (χ1n) is 4.62. The zero-order valence-corrected chi connectivity index (χ0v) is 8.04. The number of nitrogens with zero attached hydrogens (tertiary/aromatic N) is 1. The molecule has 2 heterocycles. The van der Waals surface area contributed by atoms with Crippen molar-refractivity contribution in [3.8, 4) is 0 Å². The van der Waals surface area contributed by atoms with Gasteiger partial charge in [0.2, 0.25) is 0 Å². The minimum Gasteiger partial charge on any atom is -0.465 e. The van der Waals surface area contributed by atoms with Crippen molar-refractivity contribution in [2.24, 2.45) is 0 Å². The number of hydrogen-bond acceptors (Lipinski definition) is 4. The Balaban J connectivity index is 2.33. The summed E-state index contributed by atoms with van der Waals surface area (Å²) in [6.45, 7) is 0.944. The quantitative estimate of drug-likeness (QED) is 0.680. The van der Waals surface area contributed by atoms with E-state index in [1.54, 1.807) is 12.3 Å². The topological polar surface area (TPSA) is 51.2 Å². The van der Waals surface area contributed by atoms with Gasteiger partial charge in [0, 0.05) is 12.7 Å². The van der Waals surface area contributed by atoms with Gasteiger partial charge in [-0.2, -0.15) is 0 Å². The van der Waals surface area contributed by atoms with Crippen LogP contribution in [0, 0.1) is 0 Å². The van der Waals surface area contributed by atoms with Crippen LogP contribution in [-0.4, -0.2) is 24.6 Å². The molecule has 0 saturated carbocycles. The van der Waals surface area contributed by atoms with Crippen LogP contribution in [0.4, 0.5) is 5.69 Å². The zero-order valence-electron chi connectivity index (χ0n) is 8.04. The first-order chi connectivity index (χ1) is 6.81. The highest BCUT2D eigenvalue weighted by molar-refractivity contribution is 5.90. The van der Waals surface area contributed by atoms with Crippen LogP contribution in [0.2, 0.25) is 0 Å². The summed E-state index contributed by atoms with van der Waals surface area (Å²) in [5.41, 5.74) is 2.49. The number of methoxy groups -OCH3 is 1. The molecular weight excluding hydrogens is 180 g/mol. The Labute approximate surface area is 82.3 Å². The van der Waals surface area contributed by atoms with Crippen LogP contribution in [0.3, 0.4) is 0 Å². The van der Waals surface area contributed by atoms with Crippen molar-refractivity contribution in [2.45, 2.75) is 12.8 Å². The minimum atomic E-state index is -0.340. The van der Waals surface area contributed by atoms with Gasteiger partial charge in [0.25, 0.3) is 0 Å². The van der Waals surface area contributed by atoms with Crippen molar-refractivity contribution in [3.63, 3.8) is 0 Å². The molecule has 0 saturated heterocycles. The fraction of sp³-hybridized carbons (Fsp3) is 0.400. The van der Waals surface area contributed by atoms with E-state index in [1.165, 1.54) is 7.11 Å². The molecule has 2 rings (SSSR count). The molecule has 1 aliphatic heterocycles. The maximum absolute atomic E-state index is 11.2. The van der Waals surface area contributed by atoms with Gasteiger partial charge in [0.05, 0.1) is 24.1 Å². The summed E-state index contributed by atoms with van der Waals surface area (Å²) in [7, 11) is 1.37. The van der Waals surface area contributed by atoms with E-state index in [-0.39, 0.29) is 5.97 Å².